The first kappa shape index (κ1) is 14.9. The van der Waals surface area contributed by atoms with Gasteiger partial charge in [0.1, 0.15) is 5.82 Å². The molecule has 106 valence electrons. The summed E-state index contributed by atoms with van der Waals surface area (Å²) in [6.45, 7) is 4.91. The van der Waals surface area contributed by atoms with Gasteiger partial charge < -0.3 is 5.32 Å². The molecule has 0 radical (unpaired) electrons. The molecule has 0 aliphatic heterocycles. The summed E-state index contributed by atoms with van der Waals surface area (Å²) in [5.74, 6) is -0.389. The Morgan fingerprint density at radius 2 is 2.15 bits per heavy atom. The van der Waals surface area contributed by atoms with E-state index in [-0.39, 0.29) is 16.9 Å². The Morgan fingerprint density at radius 3 is 2.80 bits per heavy atom. The van der Waals surface area contributed by atoms with Gasteiger partial charge in [0.15, 0.2) is 0 Å². The van der Waals surface area contributed by atoms with E-state index in [1.165, 1.54) is 6.07 Å². The molecule has 0 spiro atoms. The SMILES string of the molecule is CCNC(Cc1ncccc1C)c1ccc(F)c(Cl)c1. The van der Waals surface area contributed by atoms with Crippen molar-refractivity contribution in [1.82, 2.24) is 10.3 Å². The van der Waals surface area contributed by atoms with Gasteiger partial charge in [-0.25, -0.2) is 4.39 Å². The Kier molecular flexibility index (Phi) is 5.10. The second kappa shape index (κ2) is 6.82. The van der Waals surface area contributed by atoms with E-state index in [0.29, 0.717) is 0 Å². The highest BCUT2D eigenvalue weighted by Gasteiger charge is 2.14. The average Bonchev–Trinajstić information content (AvgIpc) is 2.44. The van der Waals surface area contributed by atoms with Crippen molar-refractivity contribution in [2.24, 2.45) is 0 Å². The number of aromatic nitrogens is 1. The zero-order chi connectivity index (χ0) is 14.5. The number of hydrogen-bond acceptors (Lipinski definition) is 2. The second-order valence-corrected chi connectivity index (χ2v) is 5.16. The van der Waals surface area contributed by atoms with E-state index in [1.54, 1.807) is 18.3 Å². The maximum absolute atomic E-state index is 13.3. The number of nitrogens with zero attached hydrogens (tertiary/aromatic N) is 1. The first-order chi connectivity index (χ1) is 9.61. The lowest BCUT2D eigenvalue weighted by molar-refractivity contribution is 0.540. The van der Waals surface area contributed by atoms with Crippen LogP contribution in [0.1, 0.15) is 29.8 Å². The maximum atomic E-state index is 13.3. The van der Waals surface area contributed by atoms with Gasteiger partial charge in [0.25, 0.3) is 0 Å². The number of aryl methyl sites for hydroxylation is 1. The lowest BCUT2D eigenvalue weighted by Gasteiger charge is -2.19. The molecule has 0 saturated heterocycles. The van der Waals surface area contributed by atoms with Crippen molar-refractivity contribution in [3.63, 3.8) is 0 Å². The standard InChI is InChI=1S/C16H18ClFN2/c1-3-19-16(10-15-11(2)5-4-8-20-15)12-6-7-14(18)13(17)9-12/h4-9,16,19H,3,10H2,1-2H3. The van der Waals surface area contributed by atoms with Crippen LogP contribution in [0, 0.1) is 12.7 Å². The summed E-state index contributed by atoms with van der Waals surface area (Å²) in [7, 11) is 0. The molecular formula is C16H18ClFN2. The van der Waals surface area contributed by atoms with Gasteiger partial charge in [0, 0.05) is 24.4 Å². The van der Waals surface area contributed by atoms with Gasteiger partial charge in [-0.1, -0.05) is 30.7 Å². The molecule has 1 aromatic carbocycles. The monoisotopic (exact) mass is 292 g/mol. The third-order valence-electron chi connectivity index (χ3n) is 3.31. The van der Waals surface area contributed by atoms with Crippen LogP contribution in [0.4, 0.5) is 4.39 Å². The normalized spacial score (nSPS) is 12.4. The van der Waals surface area contributed by atoms with E-state index in [1.807, 2.05) is 26.0 Å². The van der Waals surface area contributed by atoms with Crippen LogP contribution in [0.3, 0.4) is 0 Å². The number of pyridine rings is 1. The smallest absolute Gasteiger partial charge is 0.141 e. The maximum Gasteiger partial charge on any atom is 0.141 e. The predicted molar refractivity (Wildman–Crippen MR) is 80.5 cm³/mol. The summed E-state index contributed by atoms with van der Waals surface area (Å²) in [5, 5.41) is 3.56. The molecule has 2 aromatic rings. The van der Waals surface area contributed by atoms with Crippen molar-refractivity contribution in [1.29, 1.82) is 0 Å². The molecule has 4 heteroatoms. The Labute approximate surface area is 124 Å². The molecule has 1 atom stereocenters. The van der Waals surface area contributed by atoms with Crippen LogP contribution in [-0.2, 0) is 6.42 Å². The van der Waals surface area contributed by atoms with E-state index >= 15 is 0 Å². The number of nitrogens with one attached hydrogen (secondary N) is 1. The molecule has 0 aliphatic carbocycles. The summed E-state index contributed by atoms with van der Waals surface area (Å²) in [5.41, 5.74) is 3.17. The van der Waals surface area contributed by atoms with E-state index in [9.17, 15) is 4.39 Å². The fraction of sp³-hybridized carbons (Fsp3) is 0.312. The third kappa shape index (κ3) is 3.56. The predicted octanol–water partition coefficient (Wildman–Crippen LogP) is 4.08. The van der Waals surface area contributed by atoms with Gasteiger partial charge in [-0.3, -0.25) is 4.98 Å². The summed E-state index contributed by atoms with van der Waals surface area (Å²) in [6.07, 6.45) is 2.55. The number of rotatable bonds is 5. The zero-order valence-corrected chi connectivity index (χ0v) is 12.4. The Hall–Kier alpha value is -1.45. The minimum atomic E-state index is -0.389. The van der Waals surface area contributed by atoms with E-state index in [4.69, 9.17) is 11.6 Å². The molecule has 1 heterocycles. The number of hydrogen-bond donors (Lipinski definition) is 1. The molecule has 0 amide bonds. The average molecular weight is 293 g/mol. The van der Waals surface area contributed by atoms with E-state index in [2.05, 4.69) is 10.3 Å². The minimum Gasteiger partial charge on any atom is -0.310 e. The molecule has 20 heavy (non-hydrogen) atoms. The van der Waals surface area contributed by atoms with Crippen LogP contribution < -0.4 is 5.32 Å². The topological polar surface area (TPSA) is 24.9 Å². The Bertz CT molecular complexity index is 586. The third-order valence-corrected chi connectivity index (χ3v) is 3.60. The summed E-state index contributed by atoms with van der Waals surface area (Å²) >= 11 is 5.87. The molecule has 2 rings (SSSR count). The first-order valence-electron chi connectivity index (χ1n) is 6.70. The number of benzene rings is 1. The molecular weight excluding hydrogens is 275 g/mol. The molecule has 0 bridgehead atoms. The summed E-state index contributed by atoms with van der Waals surface area (Å²) in [4.78, 5) is 4.42. The van der Waals surface area contributed by atoms with Crippen LogP contribution in [0.15, 0.2) is 36.5 Å². The van der Waals surface area contributed by atoms with Gasteiger partial charge in [-0.05, 0) is 42.8 Å². The summed E-state index contributed by atoms with van der Waals surface area (Å²) < 4.78 is 13.3. The van der Waals surface area contributed by atoms with Crippen LogP contribution >= 0.6 is 11.6 Å². The van der Waals surface area contributed by atoms with Gasteiger partial charge in [-0.15, -0.1) is 0 Å². The van der Waals surface area contributed by atoms with Gasteiger partial charge in [0.05, 0.1) is 5.02 Å². The second-order valence-electron chi connectivity index (χ2n) is 4.75. The lowest BCUT2D eigenvalue weighted by Crippen LogP contribution is -2.23. The molecule has 0 saturated carbocycles. The van der Waals surface area contributed by atoms with Crippen LogP contribution in [-0.4, -0.2) is 11.5 Å². The fourth-order valence-electron chi connectivity index (χ4n) is 2.21. The molecule has 1 aromatic heterocycles. The molecule has 0 fully saturated rings. The Balaban J connectivity index is 2.27. The highest BCUT2D eigenvalue weighted by atomic mass is 35.5. The van der Waals surface area contributed by atoms with Crippen molar-refractivity contribution in [2.75, 3.05) is 6.54 Å². The number of halogens is 2. The van der Waals surface area contributed by atoms with Crippen molar-refractivity contribution in [2.45, 2.75) is 26.3 Å². The summed E-state index contributed by atoms with van der Waals surface area (Å²) in [6, 6.07) is 8.91. The van der Waals surface area contributed by atoms with Crippen LogP contribution in [0.2, 0.25) is 5.02 Å². The largest absolute Gasteiger partial charge is 0.310 e. The van der Waals surface area contributed by atoms with E-state index in [0.717, 1.165) is 29.8 Å². The highest BCUT2D eigenvalue weighted by molar-refractivity contribution is 6.30. The first-order valence-corrected chi connectivity index (χ1v) is 7.08. The minimum absolute atomic E-state index is 0.0756. The van der Waals surface area contributed by atoms with Crippen molar-refractivity contribution >= 4 is 11.6 Å². The molecule has 0 aliphatic rings. The quantitative estimate of drug-likeness (QED) is 0.898. The number of likely N-dealkylation sites (N-methyl/N-ethyl adjacent to an activating group) is 1. The van der Waals surface area contributed by atoms with Gasteiger partial charge in [-0.2, -0.15) is 0 Å². The van der Waals surface area contributed by atoms with Gasteiger partial charge >= 0.3 is 0 Å². The zero-order valence-electron chi connectivity index (χ0n) is 11.7. The Morgan fingerprint density at radius 1 is 1.35 bits per heavy atom. The van der Waals surface area contributed by atoms with E-state index < -0.39 is 0 Å². The highest BCUT2D eigenvalue weighted by Crippen LogP contribution is 2.24. The molecule has 1 N–H and O–H groups in total. The van der Waals surface area contributed by atoms with Crippen LogP contribution in [0.5, 0.6) is 0 Å². The van der Waals surface area contributed by atoms with Crippen molar-refractivity contribution in [3.8, 4) is 0 Å². The molecule has 1 unspecified atom stereocenters. The lowest BCUT2D eigenvalue weighted by atomic mass is 9.99. The van der Waals surface area contributed by atoms with Gasteiger partial charge in [0.2, 0.25) is 0 Å². The van der Waals surface area contributed by atoms with Crippen molar-refractivity contribution in [3.05, 3.63) is 64.2 Å². The fourth-order valence-corrected chi connectivity index (χ4v) is 2.40. The molecule has 2 nitrogen and oxygen atoms in total. The van der Waals surface area contributed by atoms with Crippen LogP contribution in [0.25, 0.3) is 0 Å². The van der Waals surface area contributed by atoms with Crippen molar-refractivity contribution < 1.29 is 4.39 Å².